The minimum Gasteiger partial charge on any atom is -0.384 e. The van der Waals surface area contributed by atoms with Crippen LogP contribution in [0.4, 0.5) is 11.4 Å². The summed E-state index contributed by atoms with van der Waals surface area (Å²) in [6.07, 6.45) is 1.58. The van der Waals surface area contributed by atoms with Gasteiger partial charge in [-0.15, -0.1) is 0 Å². The highest BCUT2D eigenvalue weighted by Gasteiger charge is 2.22. The first-order valence-corrected chi connectivity index (χ1v) is 7.93. The van der Waals surface area contributed by atoms with Crippen LogP contribution in [0.3, 0.4) is 0 Å². The van der Waals surface area contributed by atoms with Crippen LogP contribution in [0.1, 0.15) is 28.8 Å². The molecule has 0 spiro atoms. The number of aromatic nitrogens is 1. The average Bonchev–Trinajstić information content (AvgIpc) is 3.18. The molecule has 5 nitrogen and oxygen atoms in total. The van der Waals surface area contributed by atoms with Gasteiger partial charge in [-0.2, -0.15) is 0 Å². The molecule has 1 amide bonds. The third-order valence-electron chi connectivity index (χ3n) is 4.48. The summed E-state index contributed by atoms with van der Waals surface area (Å²) >= 11 is 0. The summed E-state index contributed by atoms with van der Waals surface area (Å²) < 4.78 is 0. The van der Waals surface area contributed by atoms with Crippen LogP contribution in [0.5, 0.6) is 0 Å². The molecule has 2 aromatic carbocycles. The molecular weight excluding hydrogens is 302 g/mol. The third kappa shape index (κ3) is 2.34. The number of carbonyl (C=O) groups is 2. The second-order valence-corrected chi connectivity index (χ2v) is 6.12. The number of aromatic amines is 1. The lowest BCUT2D eigenvalue weighted by Gasteiger charge is -2.07. The Morgan fingerprint density at radius 2 is 2.00 bits per heavy atom. The Bertz CT molecular complexity index is 958. The SMILES string of the molecule is CC1CNc2cc(NC(=O)C(=O)c3c[nH]c4ccccc34)ccc21. The molecule has 5 heteroatoms. The summed E-state index contributed by atoms with van der Waals surface area (Å²) in [6, 6.07) is 13.1. The summed E-state index contributed by atoms with van der Waals surface area (Å²) in [6.45, 7) is 3.04. The monoisotopic (exact) mass is 319 g/mol. The van der Waals surface area contributed by atoms with Crippen molar-refractivity contribution in [2.45, 2.75) is 12.8 Å². The number of H-pyrrole nitrogens is 1. The van der Waals surface area contributed by atoms with Crippen LogP contribution in [0, 0.1) is 0 Å². The first kappa shape index (κ1) is 14.5. The molecule has 0 radical (unpaired) electrons. The molecule has 1 aliphatic heterocycles. The molecule has 0 fully saturated rings. The number of amides is 1. The van der Waals surface area contributed by atoms with Gasteiger partial charge in [0.15, 0.2) is 0 Å². The zero-order valence-electron chi connectivity index (χ0n) is 13.2. The summed E-state index contributed by atoms with van der Waals surface area (Å²) in [5.41, 5.74) is 4.09. The van der Waals surface area contributed by atoms with Crippen LogP contribution in [-0.4, -0.2) is 23.2 Å². The fourth-order valence-corrected chi connectivity index (χ4v) is 3.16. The Balaban J connectivity index is 1.57. The van der Waals surface area contributed by atoms with Gasteiger partial charge >= 0.3 is 0 Å². The van der Waals surface area contributed by atoms with E-state index in [1.807, 2.05) is 42.5 Å². The maximum Gasteiger partial charge on any atom is 0.296 e. The number of hydrogen-bond donors (Lipinski definition) is 3. The molecule has 3 N–H and O–H groups in total. The van der Waals surface area contributed by atoms with E-state index in [1.165, 1.54) is 5.56 Å². The van der Waals surface area contributed by atoms with Gasteiger partial charge in [0.1, 0.15) is 0 Å². The van der Waals surface area contributed by atoms with E-state index in [9.17, 15) is 9.59 Å². The highest BCUT2D eigenvalue weighted by molar-refractivity contribution is 6.48. The van der Waals surface area contributed by atoms with Crippen molar-refractivity contribution in [1.29, 1.82) is 0 Å². The molecule has 1 aliphatic rings. The maximum atomic E-state index is 12.5. The molecule has 0 saturated carbocycles. The molecular formula is C19H17N3O2. The second-order valence-electron chi connectivity index (χ2n) is 6.12. The van der Waals surface area contributed by atoms with Gasteiger partial charge in [-0.3, -0.25) is 9.59 Å². The second kappa shape index (κ2) is 5.53. The van der Waals surface area contributed by atoms with Gasteiger partial charge < -0.3 is 15.6 Å². The van der Waals surface area contributed by atoms with Crippen molar-refractivity contribution < 1.29 is 9.59 Å². The van der Waals surface area contributed by atoms with Gasteiger partial charge in [-0.1, -0.05) is 31.2 Å². The fourth-order valence-electron chi connectivity index (χ4n) is 3.16. The number of Topliss-reactive ketones (excluding diaryl/α,β-unsaturated/α-hetero) is 1. The fraction of sp³-hybridized carbons (Fsp3) is 0.158. The van der Waals surface area contributed by atoms with Crippen molar-refractivity contribution in [3.8, 4) is 0 Å². The van der Waals surface area contributed by atoms with Gasteiger partial charge in [-0.05, 0) is 23.8 Å². The highest BCUT2D eigenvalue weighted by Crippen LogP contribution is 2.33. The Hall–Kier alpha value is -3.08. The molecule has 4 rings (SSSR count). The number of ketones is 1. The largest absolute Gasteiger partial charge is 0.384 e. The van der Waals surface area contributed by atoms with Crippen molar-refractivity contribution in [2.24, 2.45) is 0 Å². The Morgan fingerprint density at radius 1 is 1.17 bits per heavy atom. The zero-order chi connectivity index (χ0) is 16.7. The predicted octanol–water partition coefficient (Wildman–Crippen LogP) is 3.52. The van der Waals surface area contributed by atoms with E-state index in [4.69, 9.17) is 0 Å². The lowest BCUT2D eigenvalue weighted by molar-refractivity contribution is -0.112. The molecule has 1 atom stereocenters. The zero-order valence-corrected chi connectivity index (χ0v) is 13.2. The van der Waals surface area contributed by atoms with Gasteiger partial charge in [0.25, 0.3) is 11.7 Å². The third-order valence-corrected chi connectivity index (χ3v) is 4.48. The first-order valence-electron chi connectivity index (χ1n) is 7.93. The van der Waals surface area contributed by atoms with Crippen molar-refractivity contribution in [3.05, 3.63) is 59.8 Å². The van der Waals surface area contributed by atoms with Crippen LogP contribution >= 0.6 is 0 Å². The van der Waals surface area contributed by atoms with Gasteiger partial charge in [0.05, 0.1) is 5.56 Å². The molecule has 0 saturated heterocycles. The number of anilines is 2. The van der Waals surface area contributed by atoms with Gasteiger partial charge in [0, 0.05) is 40.9 Å². The number of para-hydroxylation sites is 1. The topological polar surface area (TPSA) is 74.0 Å². The molecule has 120 valence electrons. The standard InChI is InChI=1S/C19H17N3O2/c1-11-9-20-17-8-12(6-7-13(11)17)22-19(24)18(23)15-10-21-16-5-3-2-4-14(15)16/h2-8,10-11,20-21H,9H2,1H3,(H,22,24). The summed E-state index contributed by atoms with van der Waals surface area (Å²) in [5.74, 6) is -0.724. The smallest absolute Gasteiger partial charge is 0.296 e. The highest BCUT2D eigenvalue weighted by atomic mass is 16.2. The van der Waals surface area contributed by atoms with Crippen LogP contribution < -0.4 is 10.6 Å². The first-order chi connectivity index (χ1) is 11.6. The normalized spacial score (nSPS) is 15.8. The summed E-state index contributed by atoms with van der Waals surface area (Å²) in [4.78, 5) is 27.8. The lowest BCUT2D eigenvalue weighted by atomic mass is 10.0. The Kier molecular flexibility index (Phi) is 3.34. The number of fused-ring (bicyclic) bond motifs is 2. The number of rotatable bonds is 3. The molecule has 2 heterocycles. The predicted molar refractivity (Wildman–Crippen MR) is 94.6 cm³/mol. The van der Waals surface area contributed by atoms with E-state index < -0.39 is 11.7 Å². The molecule has 1 aromatic heterocycles. The van der Waals surface area contributed by atoms with E-state index in [1.54, 1.807) is 6.20 Å². The number of carbonyl (C=O) groups excluding carboxylic acids is 2. The van der Waals surface area contributed by atoms with Crippen LogP contribution in [0.25, 0.3) is 10.9 Å². The van der Waals surface area contributed by atoms with E-state index in [2.05, 4.69) is 22.5 Å². The van der Waals surface area contributed by atoms with Crippen LogP contribution in [-0.2, 0) is 4.79 Å². The Morgan fingerprint density at radius 3 is 2.88 bits per heavy atom. The number of nitrogens with one attached hydrogen (secondary N) is 3. The minimum atomic E-state index is -0.634. The summed E-state index contributed by atoms with van der Waals surface area (Å²) in [5, 5.41) is 6.75. The molecule has 24 heavy (non-hydrogen) atoms. The van der Waals surface area contributed by atoms with Gasteiger partial charge in [-0.25, -0.2) is 0 Å². The molecule has 0 bridgehead atoms. The van der Waals surface area contributed by atoms with E-state index in [0.29, 0.717) is 17.2 Å². The quantitative estimate of drug-likeness (QED) is 0.511. The van der Waals surface area contributed by atoms with Crippen molar-refractivity contribution in [2.75, 3.05) is 17.2 Å². The Labute approximate surface area is 139 Å². The average molecular weight is 319 g/mol. The van der Waals surface area contributed by atoms with Crippen molar-refractivity contribution >= 4 is 34.0 Å². The molecule has 0 aliphatic carbocycles. The van der Waals surface area contributed by atoms with Crippen molar-refractivity contribution in [3.63, 3.8) is 0 Å². The lowest BCUT2D eigenvalue weighted by Crippen LogP contribution is -2.22. The van der Waals surface area contributed by atoms with Crippen LogP contribution in [0.2, 0.25) is 0 Å². The molecule has 3 aromatic rings. The minimum absolute atomic E-state index is 0.385. The van der Waals surface area contributed by atoms with E-state index >= 15 is 0 Å². The summed E-state index contributed by atoms with van der Waals surface area (Å²) in [7, 11) is 0. The number of hydrogen-bond acceptors (Lipinski definition) is 3. The molecule has 1 unspecified atom stereocenters. The van der Waals surface area contributed by atoms with Gasteiger partial charge in [0.2, 0.25) is 0 Å². The van der Waals surface area contributed by atoms with Crippen molar-refractivity contribution in [1.82, 2.24) is 4.98 Å². The van der Waals surface area contributed by atoms with E-state index in [0.717, 1.165) is 23.1 Å². The number of benzene rings is 2. The van der Waals surface area contributed by atoms with E-state index in [-0.39, 0.29) is 0 Å². The maximum absolute atomic E-state index is 12.5. The van der Waals surface area contributed by atoms with Crippen LogP contribution in [0.15, 0.2) is 48.7 Å².